The van der Waals surface area contributed by atoms with E-state index in [1.165, 1.54) is 5.56 Å². The van der Waals surface area contributed by atoms with Gasteiger partial charge < -0.3 is 15.1 Å². The van der Waals surface area contributed by atoms with E-state index < -0.39 is 0 Å². The molecule has 0 aliphatic carbocycles. The third-order valence-electron chi connectivity index (χ3n) is 4.04. The first-order chi connectivity index (χ1) is 10.2. The highest BCUT2D eigenvalue weighted by Crippen LogP contribution is 2.33. The van der Waals surface area contributed by atoms with E-state index >= 15 is 0 Å². The molecule has 1 aliphatic heterocycles. The Morgan fingerprint density at radius 2 is 1.95 bits per heavy atom. The number of benzene rings is 1. The normalized spacial score (nSPS) is 20.7. The van der Waals surface area contributed by atoms with Crippen LogP contribution in [0, 0.1) is 5.92 Å². The first kappa shape index (κ1) is 17.1. The van der Waals surface area contributed by atoms with Gasteiger partial charge in [-0.05, 0) is 46.1 Å². The molecule has 2 heterocycles. The van der Waals surface area contributed by atoms with E-state index in [-0.39, 0.29) is 24.2 Å². The zero-order chi connectivity index (χ0) is 14.8. The Morgan fingerprint density at radius 3 is 2.55 bits per heavy atom. The molecule has 0 bridgehead atoms. The quantitative estimate of drug-likeness (QED) is 0.882. The van der Waals surface area contributed by atoms with Gasteiger partial charge in [0.1, 0.15) is 0 Å². The molecular formula is C16H18BrClN2O2. The number of nitrogens with zero attached hydrogens (tertiary/aromatic N) is 1. The average molecular weight is 386 g/mol. The van der Waals surface area contributed by atoms with Gasteiger partial charge in [0.05, 0.1) is 0 Å². The fraction of sp³-hybridized carbons (Fsp3) is 0.312. The van der Waals surface area contributed by atoms with E-state index in [1.54, 1.807) is 12.1 Å². The summed E-state index contributed by atoms with van der Waals surface area (Å²) in [6.07, 6.45) is 0. The van der Waals surface area contributed by atoms with Gasteiger partial charge in [-0.2, -0.15) is 0 Å². The third-order valence-corrected chi connectivity index (χ3v) is 4.47. The smallest absolute Gasteiger partial charge is 0.289 e. The van der Waals surface area contributed by atoms with Crippen molar-refractivity contribution in [1.82, 2.24) is 4.90 Å². The van der Waals surface area contributed by atoms with Gasteiger partial charge in [-0.1, -0.05) is 30.3 Å². The number of likely N-dealkylation sites (tertiary alicyclic amines) is 1. The number of nitrogens with two attached hydrogens (primary N) is 1. The van der Waals surface area contributed by atoms with Crippen molar-refractivity contribution in [3.63, 3.8) is 0 Å². The van der Waals surface area contributed by atoms with Crippen LogP contribution in [0.5, 0.6) is 0 Å². The molecule has 3 rings (SSSR count). The molecule has 0 unspecified atom stereocenters. The first-order valence-corrected chi connectivity index (χ1v) is 7.78. The largest absolute Gasteiger partial charge is 0.444 e. The predicted molar refractivity (Wildman–Crippen MR) is 91.3 cm³/mol. The molecule has 0 radical (unpaired) electrons. The number of hydrogen-bond donors (Lipinski definition) is 1. The molecule has 1 aliphatic rings. The molecule has 4 nitrogen and oxygen atoms in total. The van der Waals surface area contributed by atoms with Crippen molar-refractivity contribution >= 4 is 34.2 Å². The van der Waals surface area contributed by atoms with Crippen LogP contribution in [0.15, 0.2) is 51.6 Å². The van der Waals surface area contributed by atoms with Crippen LogP contribution in [0.4, 0.5) is 0 Å². The first-order valence-electron chi connectivity index (χ1n) is 6.98. The fourth-order valence-electron chi connectivity index (χ4n) is 2.94. The summed E-state index contributed by atoms with van der Waals surface area (Å²) in [4.78, 5) is 14.3. The van der Waals surface area contributed by atoms with Crippen LogP contribution in [-0.2, 0) is 0 Å². The Kier molecular flexibility index (Phi) is 5.67. The molecule has 2 atom stereocenters. The molecule has 1 saturated heterocycles. The second kappa shape index (κ2) is 7.31. The standard InChI is InChI=1S/C16H17BrN2O2.ClH/c17-15-7-6-14(21-15)16(20)19-9-12(8-18)13(10-19)11-4-2-1-3-5-11;/h1-7,12-13H,8-10,18H2;1H/t12-,13+;/m1./s1. The molecule has 1 amide bonds. The second-order valence-corrected chi connectivity index (χ2v) is 6.11. The molecule has 1 aromatic carbocycles. The Balaban J connectivity index is 0.00000176. The van der Waals surface area contributed by atoms with E-state index in [1.807, 2.05) is 23.1 Å². The number of rotatable bonds is 3. The lowest BCUT2D eigenvalue weighted by Crippen LogP contribution is -2.29. The van der Waals surface area contributed by atoms with Crippen LogP contribution in [0.25, 0.3) is 0 Å². The van der Waals surface area contributed by atoms with Gasteiger partial charge in [-0.25, -0.2) is 0 Å². The Labute approximate surface area is 144 Å². The van der Waals surface area contributed by atoms with Crippen LogP contribution in [0.3, 0.4) is 0 Å². The highest BCUT2D eigenvalue weighted by atomic mass is 79.9. The fourth-order valence-corrected chi connectivity index (χ4v) is 3.25. The SMILES string of the molecule is Cl.NC[C@@H]1CN(C(=O)c2ccc(Br)o2)C[C@H]1c1ccccc1. The number of carbonyl (C=O) groups is 1. The number of furan rings is 1. The van der Waals surface area contributed by atoms with Crippen molar-refractivity contribution in [3.8, 4) is 0 Å². The van der Waals surface area contributed by atoms with Gasteiger partial charge in [0, 0.05) is 19.0 Å². The molecule has 2 aromatic rings. The minimum Gasteiger partial charge on any atom is -0.444 e. The van der Waals surface area contributed by atoms with Gasteiger partial charge >= 0.3 is 0 Å². The summed E-state index contributed by atoms with van der Waals surface area (Å²) >= 11 is 3.23. The minimum absolute atomic E-state index is 0. The summed E-state index contributed by atoms with van der Waals surface area (Å²) in [6.45, 7) is 1.93. The third kappa shape index (κ3) is 3.37. The van der Waals surface area contributed by atoms with Gasteiger partial charge in [0.15, 0.2) is 10.4 Å². The summed E-state index contributed by atoms with van der Waals surface area (Å²) in [5.41, 5.74) is 7.14. The molecular weight excluding hydrogens is 368 g/mol. The van der Waals surface area contributed by atoms with Crippen molar-refractivity contribution in [2.45, 2.75) is 5.92 Å². The summed E-state index contributed by atoms with van der Waals surface area (Å²) < 4.78 is 5.93. The van der Waals surface area contributed by atoms with E-state index in [9.17, 15) is 4.79 Å². The number of amides is 1. The Morgan fingerprint density at radius 1 is 1.23 bits per heavy atom. The molecule has 1 fully saturated rings. The number of halogens is 2. The van der Waals surface area contributed by atoms with Gasteiger partial charge in [0.25, 0.3) is 5.91 Å². The zero-order valence-electron chi connectivity index (χ0n) is 11.9. The molecule has 1 aromatic heterocycles. The lowest BCUT2D eigenvalue weighted by atomic mass is 9.89. The monoisotopic (exact) mass is 384 g/mol. The molecule has 2 N–H and O–H groups in total. The van der Waals surface area contributed by atoms with Crippen molar-refractivity contribution in [2.24, 2.45) is 11.7 Å². The highest BCUT2D eigenvalue weighted by Gasteiger charge is 2.36. The van der Waals surface area contributed by atoms with E-state index in [0.717, 1.165) is 0 Å². The summed E-state index contributed by atoms with van der Waals surface area (Å²) in [6, 6.07) is 13.7. The van der Waals surface area contributed by atoms with Crippen molar-refractivity contribution in [3.05, 3.63) is 58.5 Å². The lowest BCUT2D eigenvalue weighted by molar-refractivity contribution is 0.0753. The van der Waals surface area contributed by atoms with Gasteiger partial charge in [-0.3, -0.25) is 4.79 Å². The van der Waals surface area contributed by atoms with Crippen LogP contribution in [0.2, 0.25) is 0 Å². The average Bonchev–Trinajstić information content (AvgIpc) is 3.13. The molecule has 0 saturated carbocycles. The molecule has 0 spiro atoms. The topological polar surface area (TPSA) is 59.5 Å². The van der Waals surface area contributed by atoms with E-state index in [2.05, 4.69) is 28.1 Å². The van der Waals surface area contributed by atoms with Crippen molar-refractivity contribution in [2.75, 3.05) is 19.6 Å². The van der Waals surface area contributed by atoms with Crippen LogP contribution >= 0.6 is 28.3 Å². The summed E-state index contributed by atoms with van der Waals surface area (Å²) in [7, 11) is 0. The summed E-state index contributed by atoms with van der Waals surface area (Å²) in [5.74, 6) is 0.872. The van der Waals surface area contributed by atoms with E-state index in [0.29, 0.717) is 36.0 Å². The molecule has 6 heteroatoms. The van der Waals surface area contributed by atoms with Crippen LogP contribution in [0.1, 0.15) is 22.0 Å². The maximum absolute atomic E-state index is 12.5. The lowest BCUT2D eigenvalue weighted by Gasteiger charge is -2.16. The van der Waals surface area contributed by atoms with Gasteiger partial charge in [-0.15, -0.1) is 12.4 Å². The molecule has 118 valence electrons. The molecule has 22 heavy (non-hydrogen) atoms. The number of hydrogen-bond acceptors (Lipinski definition) is 3. The maximum Gasteiger partial charge on any atom is 0.289 e. The predicted octanol–water partition coefficient (Wildman–Crippen LogP) is 3.28. The van der Waals surface area contributed by atoms with Crippen molar-refractivity contribution in [1.29, 1.82) is 0 Å². The maximum atomic E-state index is 12.5. The highest BCUT2D eigenvalue weighted by molar-refractivity contribution is 9.10. The Hall–Kier alpha value is -1.30. The minimum atomic E-state index is -0.0717. The zero-order valence-corrected chi connectivity index (χ0v) is 14.3. The van der Waals surface area contributed by atoms with E-state index in [4.69, 9.17) is 10.2 Å². The van der Waals surface area contributed by atoms with Crippen LogP contribution in [-0.4, -0.2) is 30.4 Å². The summed E-state index contributed by atoms with van der Waals surface area (Å²) in [5, 5.41) is 0. The Bertz CT molecular complexity index is 632. The van der Waals surface area contributed by atoms with Crippen molar-refractivity contribution < 1.29 is 9.21 Å². The van der Waals surface area contributed by atoms with Crippen LogP contribution < -0.4 is 5.73 Å². The second-order valence-electron chi connectivity index (χ2n) is 5.33. The number of carbonyl (C=O) groups excluding carboxylic acids is 1. The van der Waals surface area contributed by atoms with Gasteiger partial charge in [0.2, 0.25) is 0 Å².